The third-order valence-corrected chi connectivity index (χ3v) is 7.97. The van der Waals surface area contributed by atoms with Gasteiger partial charge in [-0.15, -0.1) is 0 Å². The van der Waals surface area contributed by atoms with E-state index in [2.05, 4.69) is 5.32 Å². The Kier molecular flexibility index (Phi) is 12.5. The van der Waals surface area contributed by atoms with Gasteiger partial charge in [-0.25, -0.2) is 8.42 Å². The third-order valence-electron chi connectivity index (χ3n) is 5.80. The minimum atomic E-state index is -3.60. The maximum Gasteiger partial charge on any atom is 0.242 e. The molecular weight excluding hydrogens is 557 g/mol. The molecule has 2 aromatic rings. The summed E-state index contributed by atoms with van der Waals surface area (Å²) in [5.74, 6) is -0.482. The van der Waals surface area contributed by atoms with E-state index in [1.54, 1.807) is 42.5 Å². The third kappa shape index (κ3) is 9.67. The molecule has 11 heteroatoms. The van der Waals surface area contributed by atoms with E-state index >= 15 is 0 Å². The average molecular weight is 591 g/mol. The Bertz CT molecular complexity index is 1180. The van der Waals surface area contributed by atoms with Crippen molar-refractivity contribution < 1.29 is 18.0 Å². The Morgan fingerprint density at radius 3 is 2.32 bits per heavy atom. The van der Waals surface area contributed by atoms with Crippen LogP contribution in [-0.2, 0) is 26.2 Å². The summed E-state index contributed by atoms with van der Waals surface area (Å²) in [7, 11) is -3.60. The molecule has 0 radical (unpaired) electrons. The van der Waals surface area contributed by atoms with Crippen molar-refractivity contribution in [2.24, 2.45) is 0 Å². The van der Waals surface area contributed by atoms with Gasteiger partial charge in [-0.3, -0.25) is 13.9 Å². The van der Waals surface area contributed by atoms with E-state index in [9.17, 15) is 18.0 Å². The normalized spacial score (nSPS) is 12.2. The number of carbonyl (C=O) groups excluding carboxylic acids is 2. The van der Waals surface area contributed by atoms with Crippen LogP contribution in [0.4, 0.5) is 5.69 Å². The lowest BCUT2D eigenvalue weighted by atomic mass is 10.1. The molecule has 0 unspecified atom stereocenters. The fraction of sp³-hybridized carbons (Fsp3) is 0.462. The molecule has 1 atom stereocenters. The van der Waals surface area contributed by atoms with Gasteiger partial charge in [0.1, 0.15) is 6.04 Å². The summed E-state index contributed by atoms with van der Waals surface area (Å²) < 4.78 is 26.1. The van der Waals surface area contributed by atoms with Crippen LogP contribution in [0.25, 0.3) is 0 Å². The molecule has 0 aliphatic heterocycles. The number of amides is 2. The summed E-state index contributed by atoms with van der Waals surface area (Å²) in [6.07, 6.45) is 3.61. The van der Waals surface area contributed by atoms with Gasteiger partial charge >= 0.3 is 0 Å². The summed E-state index contributed by atoms with van der Waals surface area (Å²) >= 11 is 18.3. The molecule has 0 bridgehead atoms. The molecule has 2 aromatic carbocycles. The number of nitrogens with one attached hydrogen (secondary N) is 1. The standard InChI is InChI=1S/C26H34Cl3N3O4S/c1-4-6-14-30-26(34)24(5-2)31(18-19-12-13-22(28)23(29)16-19)25(33)11-8-15-32(37(3,35)36)21-10-7-9-20(27)17-21/h7,9-10,12-13,16-17,24H,4-6,8,11,14-15,18H2,1-3H3,(H,30,34)/t24-/m0/s1. The first-order chi connectivity index (χ1) is 17.5. The Morgan fingerprint density at radius 1 is 1.00 bits per heavy atom. The second-order valence-corrected chi connectivity index (χ2v) is 11.9. The Hall–Kier alpha value is -2.00. The van der Waals surface area contributed by atoms with Crippen LogP contribution in [0.3, 0.4) is 0 Å². The summed E-state index contributed by atoms with van der Waals surface area (Å²) in [4.78, 5) is 28.0. The quantitative estimate of drug-likeness (QED) is 0.277. The van der Waals surface area contributed by atoms with E-state index in [1.165, 1.54) is 9.21 Å². The molecule has 204 valence electrons. The highest BCUT2D eigenvalue weighted by molar-refractivity contribution is 7.92. The van der Waals surface area contributed by atoms with E-state index in [4.69, 9.17) is 34.8 Å². The van der Waals surface area contributed by atoms with E-state index in [0.29, 0.717) is 33.7 Å². The molecule has 2 rings (SSSR count). The number of rotatable bonds is 14. The molecule has 2 amide bonds. The highest BCUT2D eigenvalue weighted by Gasteiger charge is 2.29. The fourth-order valence-electron chi connectivity index (χ4n) is 3.90. The fourth-order valence-corrected chi connectivity index (χ4v) is 5.36. The molecule has 0 saturated heterocycles. The number of hydrogen-bond acceptors (Lipinski definition) is 4. The van der Waals surface area contributed by atoms with Crippen molar-refractivity contribution in [2.45, 2.75) is 58.5 Å². The zero-order valence-electron chi connectivity index (χ0n) is 21.3. The van der Waals surface area contributed by atoms with E-state index in [0.717, 1.165) is 24.7 Å². The van der Waals surface area contributed by atoms with Crippen molar-refractivity contribution in [3.05, 3.63) is 63.1 Å². The zero-order chi connectivity index (χ0) is 27.6. The number of anilines is 1. The lowest BCUT2D eigenvalue weighted by molar-refractivity contribution is -0.141. The maximum absolute atomic E-state index is 13.5. The van der Waals surface area contributed by atoms with Crippen LogP contribution in [-0.4, -0.2) is 50.5 Å². The van der Waals surface area contributed by atoms with E-state index in [1.807, 2.05) is 13.8 Å². The molecule has 0 aliphatic carbocycles. The Balaban J connectivity index is 2.22. The van der Waals surface area contributed by atoms with Gasteiger partial charge < -0.3 is 10.2 Å². The lowest BCUT2D eigenvalue weighted by Crippen LogP contribution is -2.49. The lowest BCUT2D eigenvalue weighted by Gasteiger charge is -2.31. The smallest absolute Gasteiger partial charge is 0.242 e. The monoisotopic (exact) mass is 589 g/mol. The highest BCUT2D eigenvalue weighted by Crippen LogP contribution is 2.25. The second-order valence-electron chi connectivity index (χ2n) is 8.76. The van der Waals surface area contributed by atoms with Gasteiger partial charge in [-0.05, 0) is 55.2 Å². The molecule has 0 aliphatic rings. The van der Waals surface area contributed by atoms with Crippen molar-refractivity contribution in [3.8, 4) is 0 Å². The van der Waals surface area contributed by atoms with Gasteiger partial charge in [0.15, 0.2) is 0 Å². The zero-order valence-corrected chi connectivity index (χ0v) is 24.4. The van der Waals surface area contributed by atoms with Crippen LogP contribution in [0.2, 0.25) is 15.1 Å². The van der Waals surface area contributed by atoms with E-state index < -0.39 is 16.1 Å². The van der Waals surface area contributed by atoms with E-state index in [-0.39, 0.29) is 37.7 Å². The van der Waals surface area contributed by atoms with Crippen molar-refractivity contribution in [3.63, 3.8) is 0 Å². The van der Waals surface area contributed by atoms with Crippen molar-refractivity contribution in [1.29, 1.82) is 0 Å². The number of hydrogen-bond donors (Lipinski definition) is 1. The minimum absolute atomic E-state index is 0.0483. The molecule has 7 nitrogen and oxygen atoms in total. The van der Waals surface area contributed by atoms with Gasteiger partial charge in [-0.1, -0.05) is 67.2 Å². The first kappa shape index (κ1) is 31.2. The molecular formula is C26H34Cl3N3O4S. The molecule has 0 saturated carbocycles. The van der Waals surface area contributed by atoms with Crippen LogP contribution < -0.4 is 9.62 Å². The summed E-state index contributed by atoms with van der Waals surface area (Å²) in [6, 6.07) is 11.0. The van der Waals surface area contributed by atoms with Gasteiger partial charge in [0.05, 0.1) is 22.0 Å². The molecule has 1 N–H and O–H groups in total. The number of carbonyl (C=O) groups is 2. The largest absolute Gasteiger partial charge is 0.354 e. The van der Waals surface area contributed by atoms with Gasteiger partial charge in [0, 0.05) is 31.1 Å². The maximum atomic E-state index is 13.5. The molecule has 37 heavy (non-hydrogen) atoms. The Morgan fingerprint density at radius 2 is 1.73 bits per heavy atom. The number of sulfonamides is 1. The molecule has 0 fully saturated rings. The minimum Gasteiger partial charge on any atom is -0.354 e. The van der Waals surface area contributed by atoms with Gasteiger partial charge in [0.25, 0.3) is 0 Å². The summed E-state index contributed by atoms with van der Waals surface area (Å²) in [6.45, 7) is 4.67. The SMILES string of the molecule is CCCCNC(=O)[C@H](CC)N(Cc1ccc(Cl)c(Cl)c1)C(=O)CCCN(c1cccc(Cl)c1)S(C)(=O)=O. The van der Waals surface area contributed by atoms with Crippen LogP contribution in [0.5, 0.6) is 0 Å². The van der Waals surface area contributed by atoms with Crippen LogP contribution in [0.15, 0.2) is 42.5 Å². The first-order valence-corrected chi connectivity index (χ1v) is 15.2. The summed E-state index contributed by atoms with van der Waals surface area (Å²) in [5.41, 5.74) is 1.16. The van der Waals surface area contributed by atoms with Crippen molar-refractivity contribution in [2.75, 3.05) is 23.7 Å². The van der Waals surface area contributed by atoms with Crippen LogP contribution >= 0.6 is 34.8 Å². The van der Waals surface area contributed by atoms with Gasteiger partial charge in [0.2, 0.25) is 21.8 Å². The molecule has 0 spiro atoms. The highest BCUT2D eigenvalue weighted by atomic mass is 35.5. The Labute approximate surface area is 235 Å². The predicted octanol–water partition coefficient (Wildman–Crippen LogP) is 5.92. The molecule has 0 aromatic heterocycles. The number of halogens is 3. The van der Waals surface area contributed by atoms with Gasteiger partial charge in [-0.2, -0.15) is 0 Å². The molecule has 0 heterocycles. The summed E-state index contributed by atoms with van der Waals surface area (Å²) in [5, 5.41) is 4.09. The van der Waals surface area contributed by atoms with Crippen LogP contribution in [0, 0.1) is 0 Å². The number of nitrogens with zero attached hydrogens (tertiary/aromatic N) is 2. The number of benzene rings is 2. The predicted molar refractivity (Wildman–Crippen MR) is 152 cm³/mol. The first-order valence-electron chi connectivity index (χ1n) is 12.2. The van der Waals surface area contributed by atoms with Crippen molar-refractivity contribution >= 4 is 62.3 Å². The van der Waals surface area contributed by atoms with Crippen LogP contribution in [0.1, 0.15) is 51.5 Å². The topological polar surface area (TPSA) is 86.8 Å². The average Bonchev–Trinajstić information content (AvgIpc) is 2.83. The van der Waals surface area contributed by atoms with Crippen molar-refractivity contribution in [1.82, 2.24) is 10.2 Å². The second kappa shape index (κ2) is 14.8. The number of unbranched alkanes of at least 4 members (excludes halogenated alkanes) is 1.